The Balaban J connectivity index is 1.64. The third-order valence-electron chi connectivity index (χ3n) is 4.50. The van der Waals surface area contributed by atoms with Crippen LogP contribution in [0.5, 0.6) is 5.88 Å². The van der Waals surface area contributed by atoms with Crippen molar-refractivity contribution in [2.75, 3.05) is 33.8 Å². The molecule has 140 valence electrons. The molecule has 2 aromatic rings. The van der Waals surface area contributed by atoms with Crippen LogP contribution in [-0.2, 0) is 17.9 Å². The van der Waals surface area contributed by atoms with Crippen molar-refractivity contribution in [3.63, 3.8) is 0 Å². The predicted octanol–water partition coefficient (Wildman–Crippen LogP) is 2.01. The predicted molar refractivity (Wildman–Crippen MR) is 96.2 cm³/mol. The number of fused-ring (bicyclic) bond motifs is 1. The Morgan fingerprint density at radius 3 is 2.96 bits per heavy atom. The second kappa shape index (κ2) is 8.31. The summed E-state index contributed by atoms with van der Waals surface area (Å²) < 4.78 is 21.3. The largest absolute Gasteiger partial charge is 0.476 e. The number of likely N-dealkylation sites (N-methyl/N-ethyl adjacent to an activating group) is 1. The van der Waals surface area contributed by atoms with E-state index in [0.29, 0.717) is 26.2 Å². The van der Waals surface area contributed by atoms with Crippen LogP contribution in [0.4, 0.5) is 4.39 Å². The van der Waals surface area contributed by atoms with Gasteiger partial charge in [0, 0.05) is 31.2 Å². The Bertz CT molecular complexity index is 747. The number of nitrogens with zero attached hydrogens (tertiary/aromatic N) is 4. The molecule has 0 aromatic carbocycles. The van der Waals surface area contributed by atoms with Gasteiger partial charge in [-0.25, -0.2) is 9.37 Å². The molecule has 1 atom stereocenters. The van der Waals surface area contributed by atoms with Gasteiger partial charge >= 0.3 is 0 Å². The van der Waals surface area contributed by atoms with Gasteiger partial charge in [-0.15, -0.1) is 0 Å². The fourth-order valence-corrected chi connectivity index (χ4v) is 3.22. The van der Waals surface area contributed by atoms with Crippen molar-refractivity contribution >= 4 is 5.91 Å². The Kier molecular flexibility index (Phi) is 5.88. The SMILES string of the molecule is CN(C)CC(=O)N1Cc2cccn2CC(CCOc2ncccc2F)C1. The van der Waals surface area contributed by atoms with E-state index < -0.39 is 5.82 Å². The maximum Gasteiger partial charge on any atom is 0.250 e. The van der Waals surface area contributed by atoms with Crippen molar-refractivity contribution in [2.45, 2.75) is 19.5 Å². The number of rotatable bonds is 6. The third kappa shape index (κ3) is 4.60. The van der Waals surface area contributed by atoms with Gasteiger partial charge in [0.2, 0.25) is 11.8 Å². The molecule has 0 fully saturated rings. The van der Waals surface area contributed by atoms with E-state index in [-0.39, 0.29) is 17.7 Å². The smallest absolute Gasteiger partial charge is 0.250 e. The highest BCUT2D eigenvalue weighted by Crippen LogP contribution is 2.20. The van der Waals surface area contributed by atoms with Gasteiger partial charge in [0.05, 0.1) is 19.7 Å². The number of ether oxygens (including phenoxy) is 1. The summed E-state index contributed by atoms with van der Waals surface area (Å²) in [6.07, 6.45) is 4.28. The van der Waals surface area contributed by atoms with Crippen LogP contribution in [0.25, 0.3) is 0 Å². The molecule has 0 saturated heterocycles. The van der Waals surface area contributed by atoms with Crippen molar-refractivity contribution < 1.29 is 13.9 Å². The van der Waals surface area contributed by atoms with Crippen LogP contribution in [0.3, 0.4) is 0 Å². The molecule has 1 unspecified atom stereocenters. The van der Waals surface area contributed by atoms with Crippen molar-refractivity contribution in [1.82, 2.24) is 19.4 Å². The van der Waals surface area contributed by atoms with Gasteiger partial charge in [0.15, 0.2) is 5.82 Å². The molecule has 0 radical (unpaired) electrons. The molecule has 1 amide bonds. The van der Waals surface area contributed by atoms with E-state index in [9.17, 15) is 9.18 Å². The quantitative estimate of drug-likeness (QED) is 0.791. The Hall–Kier alpha value is -2.41. The van der Waals surface area contributed by atoms with Crippen LogP contribution in [0.2, 0.25) is 0 Å². The Labute approximate surface area is 153 Å². The van der Waals surface area contributed by atoms with Gasteiger partial charge < -0.3 is 19.1 Å². The van der Waals surface area contributed by atoms with Crippen LogP contribution in [-0.4, -0.2) is 59.0 Å². The van der Waals surface area contributed by atoms with Gasteiger partial charge in [-0.05, 0) is 50.7 Å². The van der Waals surface area contributed by atoms with Gasteiger partial charge in [-0.3, -0.25) is 4.79 Å². The summed E-state index contributed by atoms with van der Waals surface area (Å²) in [6.45, 7) is 2.87. The fraction of sp³-hybridized carbons (Fsp3) is 0.474. The number of aromatic nitrogens is 2. The van der Waals surface area contributed by atoms with Crippen LogP contribution in [0.15, 0.2) is 36.7 Å². The van der Waals surface area contributed by atoms with Gasteiger partial charge in [-0.1, -0.05) is 0 Å². The Morgan fingerprint density at radius 2 is 2.19 bits per heavy atom. The Morgan fingerprint density at radius 1 is 1.35 bits per heavy atom. The number of amides is 1. The zero-order valence-corrected chi connectivity index (χ0v) is 15.3. The molecule has 1 aliphatic rings. The van der Waals surface area contributed by atoms with Crippen LogP contribution in [0, 0.1) is 11.7 Å². The number of halogens is 1. The van der Waals surface area contributed by atoms with E-state index in [2.05, 4.69) is 15.6 Å². The van der Waals surface area contributed by atoms with Gasteiger partial charge in [0.1, 0.15) is 0 Å². The van der Waals surface area contributed by atoms with Crippen molar-refractivity contribution in [3.05, 3.63) is 48.2 Å². The minimum absolute atomic E-state index is 0.0308. The zero-order valence-electron chi connectivity index (χ0n) is 15.3. The minimum Gasteiger partial charge on any atom is -0.476 e. The summed E-state index contributed by atoms with van der Waals surface area (Å²) in [6, 6.07) is 6.93. The molecule has 0 spiro atoms. The summed E-state index contributed by atoms with van der Waals surface area (Å²) in [4.78, 5) is 20.3. The topological polar surface area (TPSA) is 50.6 Å². The first-order valence-corrected chi connectivity index (χ1v) is 8.82. The molecule has 7 heteroatoms. The van der Waals surface area contributed by atoms with E-state index in [0.717, 1.165) is 18.7 Å². The highest BCUT2D eigenvalue weighted by atomic mass is 19.1. The first-order valence-electron chi connectivity index (χ1n) is 8.82. The molecule has 1 aliphatic heterocycles. The highest BCUT2D eigenvalue weighted by Gasteiger charge is 2.25. The zero-order chi connectivity index (χ0) is 18.5. The molecule has 2 aromatic heterocycles. The van der Waals surface area contributed by atoms with Crippen molar-refractivity contribution in [2.24, 2.45) is 5.92 Å². The number of carbonyl (C=O) groups excluding carboxylic acids is 1. The standard InChI is InChI=1S/C19H25FN4O2/c1-22(2)14-18(25)24-12-15(11-23-9-4-5-16(23)13-24)7-10-26-19-17(20)6-3-8-21-19/h3-6,8-9,15H,7,10-14H2,1-2H3. The molecule has 3 heterocycles. The lowest BCUT2D eigenvalue weighted by molar-refractivity contribution is -0.133. The molecular weight excluding hydrogens is 335 g/mol. The summed E-state index contributed by atoms with van der Waals surface area (Å²) in [5.74, 6) is -0.0694. The van der Waals surface area contributed by atoms with Gasteiger partial charge in [0.25, 0.3) is 0 Å². The first kappa shape index (κ1) is 18.4. The number of hydrogen-bond acceptors (Lipinski definition) is 4. The van der Waals surface area contributed by atoms with Crippen molar-refractivity contribution in [1.29, 1.82) is 0 Å². The minimum atomic E-state index is -0.455. The van der Waals surface area contributed by atoms with E-state index in [1.165, 1.54) is 18.3 Å². The summed E-state index contributed by atoms with van der Waals surface area (Å²) >= 11 is 0. The molecule has 0 saturated carbocycles. The van der Waals surface area contributed by atoms with Crippen LogP contribution >= 0.6 is 0 Å². The maximum atomic E-state index is 13.6. The van der Waals surface area contributed by atoms with Gasteiger partial charge in [-0.2, -0.15) is 0 Å². The lowest BCUT2D eigenvalue weighted by Gasteiger charge is -2.25. The maximum absolute atomic E-state index is 13.6. The molecular formula is C19H25FN4O2. The molecule has 3 rings (SSSR count). The number of pyridine rings is 1. The van der Waals surface area contributed by atoms with E-state index in [4.69, 9.17) is 4.74 Å². The van der Waals surface area contributed by atoms with Crippen LogP contribution in [0.1, 0.15) is 12.1 Å². The van der Waals surface area contributed by atoms with E-state index in [1.54, 1.807) is 0 Å². The number of carbonyl (C=O) groups is 1. The van der Waals surface area contributed by atoms with E-state index in [1.807, 2.05) is 36.2 Å². The molecule has 26 heavy (non-hydrogen) atoms. The van der Waals surface area contributed by atoms with Crippen molar-refractivity contribution in [3.8, 4) is 5.88 Å². The molecule has 0 bridgehead atoms. The summed E-state index contributed by atoms with van der Waals surface area (Å²) in [5.41, 5.74) is 1.14. The monoisotopic (exact) mass is 360 g/mol. The molecule has 0 N–H and O–H groups in total. The average Bonchev–Trinajstić information content (AvgIpc) is 2.94. The van der Waals surface area contributed by atoms with E-state index >= 15 is 0 Å². The molecule has 0 aliphatic carbocycles. The number of hydrogen-bond donors (Lipinski definition) is 0. The second-order valence-electron chi connectivity index (χ2n) is 6.96. The lowest BCUT2D eigenvalue weighted by Crippen LogP contribution is -2.39. The average molecular weight is 360 g/mol. The van der Waals surface area contributed by atoms with Crippen LogP contribution < -0.4 is 4.74 Å². The third-order valence-corrected chi connectivity index (χ3v) is 4.50. The summed E-state index contributed by atoms with van der Waals surface area (Å²) in [7, 11) is 3.79. The first-order chi connectivity index (χ1) is 12.5. The fourth-order valence-electron chi connectivity index (χ4n) is 3.22. The normalized spacial score (nSPS) is 17.1. The highest BCUT2D eigenvalue weighted by molar-refractivity contribution is 5.78. The molecule has 6 nitrogen and oxygen atoms in total. The summed E-state index contributed by atoms with van der Waals surface area (Å²) in [5, 5.41) is 0. The second-order valence-corrected chi connectivity index (χ2v) is 6.96. The lowest BCUT2D eigenvalue weighted by atomic mass is 10.1.